The Morgan fingerprint density at radius 2 is 1.15 bits per heavy atom. The second kappa shape index (κ2) is 11.4. The predicted molar refractivity (Wildman–Crippen MR) is 222 cm³/mol. The van der Waals surface area contributed by atoms with E-state index >= 15 is 0 Å². The van der Waals surface area contributed by atoms with E-state index < -0.39 is 0 Å². The normalized spacial score (nSPS) is 13.7. The zero-order valence-electron chi connectivity index (χ0n) is 29.8. The lowest BCUT2D eigenvalue weighted by molar-refractivity contribution is 0.174. The van der Waals surface area contributed by atoms with Crippen LogP contribution in [-0.2, 0) is 0 Å². The molecule has 0 spiro atoms. The maximum atomic E-state index is 6.46. The molecule has 0 saturated heterocycles. The SMILES string of the molecule is Cc1cc2c3c(c1)N(c1ccccc1)c1c(ccc4c1OCO4)B3c1cc(-c3cc4ccccc4o3)ccc1N2c1ccc(-c2cc3ccccc3o2)cc1. The first-order chi connectivity index (χ1) is 27.2. The van der Waals surface area contributed by atoms with Crippen LogP contribution in [0, 0.1) is 6.92 Å². The van der Waals surface area contributed by atoms with E-state index in [2.05, 4.69) is 138 Å². The van der Waals surface area contributed by atoms with E-state index in [-0.39, 0.29) is 13.5 Å². The molecule has 3 aliphatic rings. The highest BCUT2D eigenvalue weighted by molar-refractivity contribution is 7.00. The number of benzene rings is 7. The predicted octanol–water partition coefficient (Wildman–Crippen LogP) is 10.6. The van der Waals surface area contributed by atoms with Crippen molar-refractivity contribution in [3.8, 4) is 34.1 Å². The van der Waals surface area contributed by atoms with Gasteiger partial charge in [-0.25, -0.2) is 0 Å². The molecule has 0 unspecified atom stereocenters. The summed E-state index contributed by atoms with van der Waals surface area (Å²) in [5, 5.41) is 2.17. The number of furan rings is 2. The summed E-state index contributed by atoms with van der Waals surface area (Å²) in [6.45, 7) is 2.28. The first kappa shape index (κ1) is 30.4. The van der Waals surface area contributed by atoms with Gasteiger partial charge in [-0.2, -0.15) is 0 Å². The molecule has 6 nitrogen and oxygen atoms in total. The first-order valence-electron chi connectivity index (χ1n) is 18.6. The van der Waals surface area contributed by atoms with E-state index in [1.807, 2.05) is 36.4 Å². The van der Waals surface area contributed by atoms with E-state index in [1.54, 1.807) is 0 Å². The van der Waals surface area contributed by atoms with Crippen LogP contribution in [0.4, 0.5) is 34.1 Å². The highest BCUT2D eigenvalue weighted by atomic mass is 16.7. The maximum Gasteiger partial charge on any atom is 0.252 e. The number of nitrogens with zero attached hydrogens (tertiary/aromatic N) is 2. The molecule has 0 amide bonds. The van der Waals surface area contributed by atoms with Crippen LogP contribution in [-0.4, -0.2) is 13.5 Å². The fourth-order valence-corrected chi connectivity index (χ4v) is 8.88. The smallest absolute Gasteiger partial charge is 0.252 e. The molecule has 7 aromatic carbocycles. The second-order valence-electron chi connectivity index (χ2n) is 14.5. The minimum atomic E-state index is -0.0968. The monoisotopic (exact) mass is 710 g/mol. The van der Waals surface area contributed by atoms with Crippen molar-refractivity contribution in [1.82, 2.24) is 0 Å². The van der Waals surface area contributed by atoms with Crippen molar-refractivity contribution in [3.05, 3.63) is 163 Å². The number of anilines is 6. The van der Waals surface area contributed by atoms with E-state index in [0.29, 0.717) is 0 Å². The molecule has 12 rings (SSSR count). The molecule has 0 aliphatic carbocycles. The molecule has 0 N–H and O–H groups in total. The van der Waals surface area contributed by atoms with Gasteiger partial charge in [-0.05, 0) is 120 Å². The fourth-order valence-electron chi connectivity index (χ4n) is 8.88. The number of hydrogen-bond donors (Lipinski definition) is 0. The van der Waals surface area contributed by atoms with Gasteiger partial charge in [-0.3, -0.25) is 0 Å². The van der Waals surface area contributed by atoms with Crippen LogP contribution in [0.25, 0.3) is 44.6 Å². The van der Waals surface area contributed by atoms with Crippen LogP contribution in [0.15, 0.2) is 167 Å². The number of hydrogen-bond acceptors (Lipinski definition) is 6. The van der Waals surface area contributed by atoms with Crippen LogP contribution in [0.5, 0.6) is 11.5 Å². The molecule has 9 aromatic rings. The topological polar surface area (TPSA) is 51.2 Å². The molecule has 2 aromatic heterocycles. The van der Waals surface area contributed by atoms with E-state index in [9.17, 15) is 0 Å². The molecule has 0 bridgehead atoms. The number of para-hydroxylation sites is 3. The van der Waals surface area contributed by atoms with Crippen molar-refractivity contribution in [3.63, 3.8) is 0 Å². The molecule has 3 aliphatic heterocycles. The highest BCUT2D eigenvalue weighted by Gasteiger charge is 2.45. The van der Waals surface area contributed by atoms with Crippen LogP contribution < -0.4 is 35.7 Å². The average Bonchev–Trinajstić information content (AvgIpc) is 4.00. The molecule has 0 fully saturated rings. The van der Waals surface area contributed by atoms with E-state index in [4.69, 9.17) is 18.3 Å². The molecule has 55 heavy (non-hydrogen) atoms. The van der Waals surface area contributed by atoms with Crippen molar-refractivity contribution < 1.29 is 18.3 Å². The zero-order valence-corrected chi connectivity index (χ0v) is 29.8. The Labute approximate surface area is 317 Å². The number of rotatable bonds is 4. The summed E-state index contributed by atoms with van der Waals surface area (Å²) in [5.74, 6) is 3.22. The lowest BCUT2D eigenvalue weighted by Crippen LogP contribution is -2.61. The van der Waals surface area contributed by atoms with Gasteiger partial charge < -0.3 is 28.1 Å². The molecule has 0 atom stereocenters. The molecular weight excluding hydrogens is 679 g/mol. The van der Waals surface area contributed by atoms with E-state index in [1.165, 1.54) is 10.9 Å². The van der Waals surface area contributed by atoms with Gasteiger partial charge in [0.2, 0.25) is 6.79 Å². The van der Waals surface area contributed by atoms with Gasteiger partial charge in [0.1, 0.15) is 22.7 Å². The summed E-state index contributed by atoms with van der Waals surface area (Å²) >= 11 is 0. The number of fused-ring (bicyclic) bond motifs is 8. The third-order valence-electron chi connectivity index (χ3n) is 11.3. The van der Waals surface area contributed by atoms with Gasteiger partial charge in [-0.1, -0.05) is 66.7 Å². The van der Waals surface area contributed by atoms with Crippen LogP contribution in [0.3, 0.4) is 0 Å². The summed E-state index contributed by atoms with van der Waals surface area (Å²) in [5.41, 5.74) is 15.1. The summed E-state index contributed by atoms with van der Waals surface area (Å²) in [6, 6.07) is 55.6. The lowest BCUT2D eigenvalue weighted by Gasteiger charge is -2.44. The largest absolute Gasteiger partial charge is 0.456 e. The number of aryl methyl sites for hydroxylation is 1. The minimum absolute atomic E-state index is 0.0968. The Hall–Kier alpha value is -7.12. The Balaban J connectivity index is 1.11. The molecule has 0 saturated carbocycles. The van der Waals surface area contributed by atoms with Crippen LogP contribution in [0.1, 0.15) is 5.56 Å². The van der Waals surface area contributed by atoms with Gasteiger partial charge in [0.05, 0.1) is 5.69 Å². The van der Waals surface area contributed by atoms with Crippen molar-refractivity contribution >= 4 is 79.2 Å². The van der Waals surface area contributed by atoms with E-state index in [0.717, 1.165) is 101 Å². The Morgan fingerprint density at radius 1 is 0.509 bits per heavy atom. The molecule has 0 radical (unpaired) electrons. The third-order valence-corrected chi connectivity index (χ3v) is 11.3. The lowest BCUT2D eigenvalue weighted by atomic mass is 9.33. The summed E-state index contributed by atoms with van der Waals surface area (Å²) < 4.78 is 25.0. The van der Waals surface area contributed by atoms with Gasteiger partial charge in [0.15, 0.2) is 11.5 Å². The second-order valence-corrected chi connectivity index (χ2v) is 14.5. The minimum Gasteiger partial charge on any atom is -0.456 e. The van der Waals surface area contributed by atoms with Gasteiger partial charge >= 0.3 is 0 Å². The van der Waals surface area contributed by atoms with Crippen molar-refractivity contribution in [1.29, 1.82) is 0 Å². The quantitative estimate of drug-likeness (QED) is 0.170. The van der Waals surface area contributed by atoms with Crippen LogP contribution >= 0.6 is 0 Å². The van der Waals surface area contributed by atoms with Crippen molar-refractivity contribution in [2.45, 2.75) is 6.92 Å². The Bertz CT molecular complexity index is 2940. The van der Waals surface area contributed by atoms with Gasteiger partial charge in [0, 0.05) is 50.3 Å². The van der Waals surface area contributed by atoms with Crippen LogP contribution in [0.2, 0.25) is 0 Å². The molecule has 7 heteroatoms. The molecule has 260 valence electrons. The highest BCUT2D eigenvalue weighted by Crippen LogP contribution is 2.50. The Morgan fingerprint density at radius 3 is 1.87 bits per heavy atom. The zero-order chi connectivity index (χ0) is 36.2. The standard InChI is InChI=1S/C48H31BN2O4/c1-29-23-39-46-40(24-29)51(34-11-3-2-4-12-34)47-36(20-22-43-48(47)53-28-52-43)49(46)37-25-33(45-27-32-10-6-8-14-42(32)55-45)17-21-38(37)50(39)35-18-15-30(16-19-35)44-26-31-9-5-7-13-41(31)54-44/h2-27H,28H2,1H3. The fraction of sp³-hybridized carbons (Fsp3) is 0.0417. The average molecular weight is 711 g/mol. The first-order valence-corrected chi connectivity index (χ1v) is 18.6. The maximum absolute atomic E-state index is 6.46. The van der Waals surface area contributed by atoms with Gasteiger partial charge in [0.25, 0.3) is 6.71 Å². The molecule has 5 heterocycles. The van der Waals surface area contributed by atoms with Crippen molar-refractivity contribution in [2.75, 3.05) is 16.6 Å². The third kappa shape index (κ3) is 4.50. The summed E-state index contributed by atoms with van der Waals surface area (Å²) in [7, 11) is 0. The van der Waals surface area contributed by atoms with Crippen molar-refractivity contribution in [2.24, 2.45) is 0 Å². The summed E-state index contributed by atoms with van der Waals surface area (Å²) in [6.07, 6.45) is 0. The Kier molecular flexibility index (Phi) is 6.32. The number of ether oxygens (including phenoxy) is 2. The van der Waals surface area contributed by atoms with Gasteiger partial charge in [-0.15, -0.1) is 0 Å². The summed E-state index contributed by atoms with van der Waals surface area (Å²) in [4.78, 5) is 4.78. The molecular formula is C48H31BN2O4.